The van der Waals surface area contributed by atoms with Crippen molar-refractivity contribution in [1.29, 1.82) is 0 Å². The van der Waals surface area contributed by atoms with Crippen molar-refractivity contribution in [3.05, 3.63) is 58.2 Å². The molecule has 0 amide bonds. The number of nitrogens with one attached hydrogen (secondary N) is 2. The number of para-hydroxylation sites is 1. The highest BCUT2D eigenvalue weighted by atomic mass is 127. The predicted octanol–water partition coefficient (Wildman–Crippen LogP) is 4.47. The minimum Gasteiger partial charge on any atom is -0.352 e. The molecule has 3 rings (SSSR count). The topological polar surface area (TPSA) is 62.2 Å². The van der Waals surface area contributed by atoms with Crippen molar-refractivity contribution < 1.29 is 0 Å². The number of thiazole rings is 1. The van der Waals surface area contributed by atoms with Gasteiger partial charge in [-0.05, 0) is 17.7 Å². The Morgan fingerprint density at radius 2 is 1.85 bits per heavy atom. The second-order valence-corrected chi connectivity index (χ2v) is 8.09. The Hall–Kier alpha value is -1.74. The van der Waals surface area contributed by atoms with Crippen molar-refractivity contribution in [1.82, 2.24) is 20.6 Å². The van der Waals surface area contributed by atoms with Crippen LogP contribution in [0.5, 0.6) is 0 Å². The normalized spacial score (nSPS) is 11.9. The van der Waals surface area contributed by atoms with Crippen molar-refractivity contribution in [2.45, 2.75) is 39.3 Å². The number of guanidine groups is 1. The van der Waals surface area contributed by atoms with Crippen LogP contribution in [-0.2, 0) is 18.5 Å². The van der Waals surface area contributed by atoms with Gasteiger partial charge in [0.2, 0.25) is 0 Å². The number of aromatic nitrogens is 2. The smallest absolute Gasteiger partial charge is 0.191 e. The van der Waals surface area contributed by atoms with Gasteiger partial charge in [-0.15, -0.1) is 35.3 Å². The summed E-state index contributed by atoms with van der Waals surface area (Å²) in [6.45, 7) is 7.89. The van der Waals surface area contributed by atoms with Gasteiger partial charge in [0.15, 0.2) is 5.96 Å². The average molecular weight is 495 g/mol. The summed E-state index contributed by atoms with van der Waals surface area (Å²) in [5.41, 5.74) is 3.41. The van der Waals surface area contributed by atoms with E-state index in [1.165, 1.54) is 5.56 Å². The minimum absolute atomic E-state index is 0. The van der Waals surface area contributed by atoms with Gasteiger partial charge in [0.25, 0.3) is 0 Å². The second-order valence-electron chi connectivity index (χ2n) is 7.14. The summed E-state index contributed by atoms with van der Waals surface area (Å²) in [6.07, 6.45) is 1.85. The SMILES string of the molecule is CN=C(NCc1nc(C(C)(C)C)cs1)NCc1ccnc2ccccc12.I. The quantitative estimate of drug-likeness (QED) is 0.319. The van der Waals surface area contributed by atoms with Crippen LogP contribution in [0.4, 0.5) is 0 Å². The first-order valence-corrected chi connectivity index (χ1v) is 9.57. The van der Waals surface area contributed by atoms with Crippen molar-refractivity contribution in [2.24, 2.45) is 4.99 Å². The third kappa shape index (κ3) is 5.62. The maximum absolute atomic E-state index is 4.71. The Morgan fingerprint density at radius 3 is 2.56 bits per heavy atom. The first-order chi connectivity index (χ1) is 12.5. The van der Waals surface area contributed by atoms with Crippen molar-refractivity contribution in [3.8, 4) is 0 Å². The van der Waals surface area contributed by atoms with E-state index in [0.29, 0.717) is 13.1 Å². The molecule has 0 aliphatic heterocycles. The third-order valence-corrected chi connectivity index (χ3v) is 4.99. The van der Waals surface area contributed by atoms with Gasteiger partial charge < -0.3 is 10.6 Å². The lowest BCUT2D eigenvalue weighted by Crippen LogP contribution is -2.36. The molecule has 0 radical (unpaired) electrons. The van der Waals surface area contributed by atoms with Crippen LogP contribution in [0, 0.1) is 0 Å². The maximum atomic E-state index is 4.71. The molecule has 0 saturated heterocycles. The Balaban J connectivity index is 0.00000261. The zero-order valence-corrected chi connectivity index (χ0v) is 19.3. The first-order valence-electron chi connectivity index (χ1n) is 8.69. The Morgan fingerprint density at radius 1 is 1.11 bits per heavy atom. The number of halogens is 1. The average Bonchev–Trinajstić information content (AvgIpc) is 3.11. The minimum atomic E-state index is 0. The number of fused-ring (bicyclic) bond motifs is 1. The number of nitrogens with zero attached hydrogens (tertiary/aromatic N) is 3. The van der Waals surface area contributed by atoms with Crippen molar-refractivity contribution >= 4 is 52.2 Å². The van der Waals surface area contributed by atoms with Gasteiger partial charge in [0, 0.05) is 36.0 Å². The summed E-state index contributed by atoms with van der Waals surface area (Å²) in [4.78, 5) is 13.4. The van der Waals surface area contributed by atoms with Gasteiger partial charge in [-0.1, -0.05) is 39.0 Å². The molecule has 5 nitrogen and oxygen atoms in total. The van der Waals surface area contributed by atoms with Crippen LogP contribution in [0.15, 0.2) is 46.9 Å². The van der Waals surface area contributed by atoms with Gasteiger partial charge in [-0.3, -0.25) is 9.98 Å². The summed E-state index contributed by atoms with van der Waals surface area (Å²) < 4.78 is 0. The number of hydrogen-bond acceptors (Lipinski definition) is 4. The van der Waals surface area contributed by atoms with E-state index in [2.05, 4.69) is 52.8 Å². The van der Waals surface area contributed by atoms with E-state index >= 15 is 0 Å². The molecule has 2 N–H and O–H groups in total. The summed E-state index contributed by atoms with van der Waals surface area (Å²) in [6, 6.07) is 10.2. The fourth-order valence-electron chi connectivity index (χ4n) is 2.60. The predicted molar refractivity (Wildman–Crippen MR) is 125 cm³/mol. The highest BCUT2D eigenvalue weighted by Gasteiger charge is 2.17. The molecule has 0 aliphatic rings. The molecular weight excluding hydrogens is 469 g/mol. The maximum Gasteiger partial charge on any atom is 0.191 e. The summed E-state index contributed by atoms with van der Waals surface area (Å²) >= 11 is 1.68. The van der Waals surface area contributed by atoms with E-state index in [-0.39, 0.29) is 29.4 Å². The molecule has 0 fully saturated rings. The van der Waals surface area contributed by atoms with E-state index in [1.807, 2.05) is 30.5 Å². The Bertz CT molecular complexity index is 909. The molecule has 144 valence electrons. The highest BCUT2D eigenvalue weighted by molar-refractivity contribution is 14.0. The van der Waals surface area contributed by atoms with Crippen LogP contribution in [0.3, 0.4) is 0 Å². The molecule has 7 heteroatoms. The first kappa shape index (κ1) is 21.6. The molecule has 0 atom stereocenters. The van der Waals surface area contributed by atoms with Crippen LogP contribution in [-0.4, -0.2) is 23.0 Å². The summed E-state index contributed by atoms with van der Waals surface area (Å²) in [7, 11) is 1.78. The molecule has 0 saturated carbocycles. The van der Waals surface area contributed by atoms with E-state index in [4.69, 9.17) is 4.98 Å². The molecule has 27 heavy (non-hydrogen) atoms. The zero-order valence-electron chi connectivity index (χ0n) is 16.1. The molecular formula is C20H26IN5S. The van der Waals surface area contributed by atoms with Crippen LogP contribution >= 0.6 is 35.3 Å². The lowest BCUT2D eigenvalue weighted by molar-refractivity contribution is 0.570. The molecule has 3 aromatic rings. The molecule has 0 bridgehead atoms. The standard InChI is InChI=1S/C20H25N5S.HI/c1-20(2,3)17-13-26-18(25-17)12-24-19(21-4)23-11-14-9-10-22-16-8-6-5-7-15(14)16;/h5-10,13H,11-12H2,1-4H3,(H2,21,23,24);1H. The van der Waals surface area contributed by atoms with Crippen molar-refractivity contribution in [2.75, 3.05) is 7.05 Å². The van der Waals surface area contributed by atoms with Crippen LogP contribution in [0.25, 0.3) is 10.9 Å². The molecule has 0 unspecified atom stereocenters. The monoisotopic (exact) mass is 495 g/mol. The van der Waals surface area contributed by atoms with Gasteiger partial charge in [0.1, 0.15) is 5.01 Å². The van der Waals surface area contributed by atoms with Crippen LogP contribution in [0.1, 0.15) is 37.0 Å². The number of rotatable bonds is 4. The fourth-order valence-corrected chi connectivity index (χ4v) is 3.57. The molecule has 0 spiro atoms. The van der Waals surface area contributed by atoms with Gasteiger partial charge in [-0.2, -0.15) is 0 Å². The molecule has 0 aliphatic carbocycles. The molecule has 1 aromatic carbocycles. The molecule has 2 heterocycles. The lowest BCUT2D eigenvalue weighted by Gasteiger charge is -2.14. The summed E-state index contributed by atoms with van der Waals surface area (Å²) in [5.74, 6) is 0.762. The second kappa shape index (κ2) is 9.45. The summed E-state index contributed by atoms with van der Waals surface area (Å²) in [5, 5.41) is 11.1. The Kier molecular flexibility index (Phi) is 7.55. The zero-order chi connectivity index (χ0) is 18.6. The number of hydrogen-bond donors (Lipinski definition) is 2. The van der Waals surface area contributed by atoms with Gasteiger partial charge in [-0.25, -0.2) is 4.98 Å². The number of benzene rings is 1. The lowest BCUT2D eigenvalue weighted by atomic mass is 9.93. The largest absolute Gasteiger partial charge is 0.352 e. The highest BCUT2D eigenvalue weighted by Crippen LogP contribution is 2.23. The fraction of sp³-hybridized carbons (Fsp3) is 0.350. The van der Waals surface area contributed by atoms with E-state index in [9.17, 15) is 0 Å². The van der Waals surface area contributed by atoms with Gasteiger partial charge >= 0.3 is 0 Å². The van der Waals surface area contributed by atoms with E-state index in [0.717, 1.165) is 27.6 Å². The van der Waals surface area contributed by atoms with Crippen LogP contribution in [0.2, 0.25) is 0 Å². The number of aliphatic imine (C=N–C) groups is 1. The van der Waals surface area contributed by atoms with E-state index < -0.39 is 0 Å². The number of pyridine rings is 1. The molecule has 2 aromatic heterocycles. The third-order valence-electron chi connectivity index (χ3n) is 4.14. The van der Waals surface area contributed by atoms with Crippen LogP contribution < -0.4 is 10.6 Å². The van der Waals surface area contributed by atoms with E-state index in [1.54, 1.807) is 18.4 Å². The Labute approximate surface area is 181 Å². The van der Waals surface area contributed by atoms with Gasteiger partial charge in [0.05, 0.1) is 17.8 Å². The van der Waals surface area contributed by atoms with Crippen molar-refractivity contribution in [3.63, 3.8) is 0 Å².